The second-order valence-corrected chi connectivity index (χ2v) is 7.59. The Morgan fingerprint density at radius 2 is 1.61 bits per heavy atom. The fraction of sp³-hybridized carbons (Fsp3) is 0.538. The summed E-state index contributed by atoms with van der Waals surface area (Å²) in [7, 11) is -3.69. The molecule has 1 aromatic carbocycles. The van der Waals surface area contributed by atoms with Crippen LogP contribution in [0.25, 0.3) is 0 Å². The van der Waals surface area contributed by atoms with E-state index in [1.165, 1.54) is 6.07 Å². The molecule has 0 heterocycles. The SMILES string of the molecule is CC1(C)C(Nc2ccccc2S(N)(=O)=O)C1(C)C. The number of rotatable bonds is 3. The molecule has 0 bridgehead atoms. The summed E-state index contributed by atoms with van der Waals surface area (Å²) in [5.41, 5.74) is 0.861. The molecule has 5 heteroatoms. The van der Waals surface area contributed by atoms with Crippen LogP contribution in [0.4, 0.5) is 5.69 Å². The van der Waals surface area contributed by atoms with Crippen molar-refractivity contribution in [2.45, 2.75) is 38.6 Å². The maximum Gasteiger partial charge on any atom is 0.240 e. The third-order valence-corrected chi connectivity index (χ3v) is 5.48. The zero-order chi connectivity index (χ0) is 13.8. The van der Waals surface area contributed by atoms with Crippen molar-refractivity contribution in [3.63, 3.8) is 0 Å². The fourth-order valence-corrected chi connectivity index (χ4v) is 3.25. The number of nitrogens with two attached hydrogens (primary N) is 1. The maximum absolute atomic E-state index is 11.5. The summed E-state index contributed by atoms with van der Waals surface area (Å²) in [6.07, 6.45) is 0. The monoisotopic (exact) mass is 268 g/mol. The molecule has 1 aromatic rings. The first kappa shape index (κ1) is 13.4. The van der Waals surface area contributed by atoms with Crippen LogP contribution < -0.4 is 10.5 Å². The number of primary sulfonamides is 1. The summed E-state index contributed by atoms with van der Waals surface area (Å²) >= 11 is 0. The van der Waals surface area contributed by atoms with Gasteiger partial charge in [0.05, 0.1) is 5.69 Å². The molecule has 18 heavy (non-hydrogen) atoms. The minimum atomic E-state index is -3.69. The standard InChI is InChI=1S/C13H20N2O2S/c1-12(2)11(13(12,3)4)15-9-7-5-6-8-10(9)18(14,16)17/h5-8,11,15H,1-4H3,(H2,14,16,17). The van der Waals surface area contributed by atoms with Crippen LogP contribution in [0.5, 0.6) is 0 Å². The highest BCUT2D eigenvalue weighted by Gasteiger charge is 2.65. The summed E-state index contributed by atoms with van der Waals surface area (Å²) < 4.78 is 23.0. The molecular weight excluding hydrogens is 248 g/mol. The highest BCUT2D eigenvalue weighted by Crippen LogP contribution is 2.63. The second-order valence-electron chi connectivity index (χ2n) is 6.06. The number of hydrogen-bond acceptors (Lipinski definition) is 3. The minimum Gasteiger partial charge on any atom is -0.380 e. The van der Waals surface area contributed by atoms with E-state index in [1.807, 2.05) is 0 Å². The number of sulfonamides is 1. The van der Waals surface area contributed by atoms with E-state index in [0.717, 1.165) is 0 Å². The number of para-hydroxylation sites is 1. The van der Waals surface area contributed by atoms with Gasteiger partial charge in [0.15, 0.2) is 0 Å². The fourth-order valence-electron chi connectivity index (χ4n) is 2.55. The number of hydrogen-bond donors (Lipinski definition) is 2. The van der Waals surface area contributed by atoms with Crippen molar-refractivity contribution >= 4 is 15.7 Å². The van der Waals surface area contributed by atoms with Gasteiger partial charge < -0.3 is 5.32 Å². The normalized spacial score (nSPS) is 21.6. The van der Waals surface area contributed by atoms with Crippen LogP contribution in [-0.4, -0.2) is 14.5 Å². The molecule has 1 fully saturated rings. The summed E-state index contributed by atoms with van der Waals surface area (Å²) in [6.45, 7) is 8.68. The Hall–Kier alpha value is -1.07. The first-order valence-electron chi connectivity index (χ1n) is 5.97. The lowest BCUT2D eigenvalue weighted by Crippen LogP contribution is -2.17. The topological polar surface area (TPSA) is 72.2 Å². The van der Waals surface area contributed by atoms with Crippen molar-refractivity contribution in [2.24, 2.45) is 16.0 Å². The predicted octanol–water partition coefficient (Wildman–Crippen LogP) is 2.18. The maximum atomic E-state index is 11.5. The van der Waals surface area contributed by atoms with Gasteiger partial charge in [-0.05, 0) is 23.0 Å². The Labute approximate surface area is 109 Å². The lowest BCUT2D eigenvalue weighted by Gasteiger charge is -2.12. The van der Waals surface area contributed by atoms with E-state index >= 15 is 0 Å². The highest BCUT2D eigenvalue weighted by atomic mass is 32.2. The lowest BCUT2D eigenvalue weighted by molar-refractivity contribution is 0.457. The average Bonchev–Trinajstić information content (AvgIpc) is 2.60. The van der Waals surface area contributed by atoms with Crippen LogP contribution in [0.2, 0.25) is 0 Å². The predicted molar refractivity (Wildman–Crippen MR) is 72.8 cm³/mol. The molecule has 0 saturated heterocycles. The van der Waals surface area contributed by atoms with Crippen molar-refractivity contribution in [1.82, 2.24) is 0 Å². The highest BCUT2D eigenvalue weighted by molar-refractivity contribution is 7.89. The Bertz CT molecular complexity index is 562. The van der Waals surface area contributed by atoms with Gasteiger partial charge in [0.25, 0.3) is 0 Å². The van der Waals surface area contributed by atoms with Gasteiger partial charge in [0.2, 0.25) is 10.0 Å². The number of anilines is 1. The molecule has 0 spiro atoms. The number of nitrogens with one attached hydrogen (secondary N) is 1. The molecule has 0 unspecified atom stereocenters. The molecule has 1 aliphatic rings. The first-order chi connectivity index (χ1) is 8.08. The van der Waals surface area contributed by atoms with Gasteiger partial charge in [-0.3, -0.25) is 0 Å². The Kier molecular flexibility index (Phi) is 2.76. The minimum absolute atomic E-state index is 0.137. The van der Waals surface area contributed by atoms with Crippen LogP contribution in [0.1, 0.15) is 27.7 Å². The van der Waals surface area contributed by atoms with E-state index in [0.29, 0.717) is 5.69 Å². The van der Waals surface area contributed by atoms with Crippen LogP contribution in [0.15, 0.2) is 29.2 Å². The summed E-state index contributed by atoms with van der Waals surface area (Å²) in [4.78, 5) is 0.156. The molecule has 0 aliphatic heterocycles. The van der Waals surface area contributed by atoms with Crippen LogP contribution >= 0.6 is 0 Å². The molecule has 100 valence electrons. The van der Waals surface area contributed by atoms with Gasteiger partial charge in [-0.15, -0.1) is 0 Å². The van der Waals surface area contributed by atoms with E-state index in [1.54, 1.807) is 18.2 Å². The van der Waals surface area contributed by atoms with Crippen LogP contribution in [0.3, 0.4) is 0 Å². The Morgan fingerprint density at radius 1 is 1.11 bits per heavy atom. The van der Waals surface area contributed by atoms with Crippen molar-refractivity contribution in [1.29, 1.82) is 0 Å². The molecule has 0 aromatic heterocycles. The smallest absolute Gasteiger partial charge is 0.240 e. The van der Waals surface area contributed by atoms with Gasteiger partial charge in [0.1, 0.15) is 4.90 Å². The number of benzene rings is 1. The average molecular weight is 268 g/mol. The van der Waals surface area contributed by atoms with E-state index in [-0.39, 0.29) is 21.8 Å². The van der Waals surface area contributed by atoms with E-state index in [9.17, 15) is 8.42 Å². The van der Waals surface area contributed by atoms with E-state index in [4.69, 9.17) is 5.14 Å². The third kappa shape index (κ3) is 1.91. The third-order valence-electron chi connectivity index (χ3n) is 4.51. The van der Waals surface area contributed by atoms with Gasteiger partial charge in [-0.1, -0.05) is 39.8 Å². The zero-order valence-corrected chi connectivity index (χ0v) is 12.0. The first-order valence-corrected chi connectivity index (χ1v) is 7.51. The molecule has 3 N–H and O–H groups in total. The molecule has 4 nitrogen and oxygen atoms in total. The Balaban J connectivity index is 2.33. The van der Waals surface area contributed by atoms with E-state index in [2.05, 4.69) is 33.0 Å². The van der Waals surface area contributed by atoms with Gasteiger partial charge in [-0.2, -0.15) is 0 Å². The Morgan fingerprint density at radius 3 is 2.06 bits per heavy atom. The summed E-state index contributed by atoms with van der Waals surface area (Å²) in [6, 6.07) is 7.01. The molecular formula is C13H20N2O2S. The molecule has 0 amide bonds. The second kappa shape index (κ2) is 3.71. The molecule has 0 atom stereocenters. The van der Waals surface area contributed by atoms with Crippen molar-refractivity contribution < 1.29 is 8.42 Å². The largest absolute Gasteiger partial charge is 0.380 e. The van der Waals surface area contributed by atoms with Gasteiger partial charge in [-0.25, -0.2) is 13.6 Å². The zero-order valence-electron chi connectivity index (χ0n) is 11.2. The van der Waals surface area contributed by atoms with Crippen molar-refractivity contribution in [2.75, 3.05) is 5.32 Å². The lowest BCUT2D eigenvalue weighted by atomic mass is 10.0. The molecule has 1 saturated carbocycles. The molecule has 0 radical (unpaired) electrons. The summed E-state index contributed by atoms with van der Waals surface area (Å²) in [5, 5.41) is 8.53. The van der Waals surface area contributed by atoms with Crippen molar-refractivity contribution in [3.8, 4) is 0 Å². The van der Waals surface area contributed by atoms with E-state index < -0.39 is 10.0 Å². The van der Waals surface area contributed by atoms with Crippen molar-refractivity contribution in [3.05, 3.63) is 24.3 Å². The molecule has 1 aliphatic carbocycles. The van der Waals surface area contributed by atoms with Crippen LogP contribution in [-0.2, 0) is 10.0 Å². The quantitative estimate of drug-likeness (QED) is 0.882. The summed E-state index contributed by atoms with van der Waals surface area (Å²) in [5.74, 6) is 0. The molecule has 2 rings (SSSR count). The van der Waals surface area contributed by atoms with Crippen LogP contribution in [0, 0.1) is 10.8 Å². The van der Waals surface area contributed by atoms with Gasteiger partial charge >= 0.3 is 0 Å². The van der Waals surface area contributed by atoms with Gasteiger partial charge in [0, 0.05) is 6.04 Å².